The Morgan fingerprint density at radius 2 is 1.92 bits per heavy atom. The Labute approximate surface area is 138 Å². The van der Waals surface area contributed by atoms with Gasteiger partial charge >= 0.3 is 12.2 Å². The lowest BCUT2D eigenvalue weighted by molar-refractivity contribution is -0.187. The number of amides is 3. The molecule has 24 heavy (non-hydrogen) atoms. The Kier molecular flexibility index (Phi) is 6.19. The van der Waals surface area contributed by atoms with E-state index in [-0.39, 0.29) is 26.1 Å². The molecule has 1 saturated heterocycles. The van der Waals surface area contributed by atoms with Crippen LogP contribution in [-0.4, -0.2) is 42.6 Å². The first kappa shape index (κ1) is 18.3. The zero-order valence-electron chi connectivity index (χ0n) is 13.1. The van der Waals surface area contributed by atoms with E-state index in [1.54, 1.807) is 0 Å². The number of hydrogen-bond donors (Lipinski definition) is 2. The molecule has 1 heterocycles. The van der Waals surface area contributed by atoms with Gasteiger partial charge in [0.1, 0.15) is 0 Å². The Bertz CT molecular complexity index is 563. The molecule has 1 unspecified atom stereocenters. The predicted molar refractivity (Wildman–Crippen MR) is 82.0 cm³/mol. The number of likely N-dealkylation sites (tertiary alicyclic amines) is 1. The molecule has 8 heteroatoms. The van der Waals surface area contributed by atoms with Crippen molar-refractivity contribution in [3.63, 3.8) is 0 Å². The lowest BCUT2D eigenvalue weighted by atomic mass is 9.97. The van der Waals surface area contributed by atoms with Gasteiger partial charge in [0.05, 0.1) is 12.5 Å². The largest absolute Gasteiger partial charge is 0.393 e. The summed E-state index contributed by atoms with van der Waals surface area (Å²) in [6, 6.07) is 8.49. The summed E-state index contributed by atoms with van der Waals surface area (Å²) in [7, 11) is 0. The van der Waals surface area contributed by atoms with Gasteiger partial charge in [-0.1, -0.05) is 30.3 Å². The van der Waals surface area contributed by atoms with E-state index in [9.17, 15) is 22.8 Å². The van der Waals surface area contributed by atoms with Crippen molar-refractivity contribution >= 4 is 11.9 Å². The molecular formula is C16H20F3N3O2. The number of carbonyl (C=O) groups is 2. The molecule has 1 aliphatic heterocycles. The number of nitrogens with one attached hydrogen (secondary N) is 2. The molecule has 0 saturated carbocycles. The topological polar surface area (TPSA) is 61.4 Å². The first-order valence-corrected chi connectivity index (χ1v) is 7.75. The number of benzene rings is 1. The van der Waals surface area contributed by atoms with E-state index in [0.29, 0.717) is 13.0 Å². The Morgan fingerprint density at radius 3 is 2.58 bits per heavy atom. The molecule has 5 nitrogen and oxygen atoms in total. The summed E-state index contributed by atoms with van der Waals surface area (Å²) in [5.41, 5.74) is 0.879. The molecule has 1 aromatic carbocycles. The van der Waals surface area contributed by atoms with Gasteiger partial charge in [0, 0.05) is 13.1 Å². The third kappa shape index (κ3) is 5.84. The minimum Gasteiger partial charge on any atom is -0.334 e. The molecule has 2 rings (SSSR count). The number of halogens is 3. The third-order valence-corrected chi connectivity index (χ3v) is 3.88. The summed E-state index contributed by atoms with van der Waals surface area (Å²) in [6.07, 6.45) is -3.78. The molecule has 0 bridgehead atoms. The molecule has 0 aromatic heterocycles. The van der Waals surface area contributed by atoms with E-state index in [4.69, 9.17) is 0 Å². The van der Waals surface area contributed by atoms with Crippen LogP contribution in [0, 0.1) is 5.92 Å². The molecule has 0 radical (unpaired) electrons. The third-order valence-electron chi connectivity index (χ3n) is 3.88. The second-order valence-corrected chi connectivity index (χ2v) is 5.83. The average Bonchev–Trinajstić information content (AvgIpc) is 2.53. The minimum absolute atomic E-state index is 0.0825. The van der Waals surface area contributed by atoms with Gasteiger partial charge in [0.15, 0.2) is 0 Å². The highest BCUT2D eigenvalue weighted by atomic mass is 19.4. The number of piperidine rings is 1. The molecule has 1 aliphatic rings. The molecule has 1 atom stereocenters. The van der Waals surface area contributed by atoms with E-state index < -0.39 is 24.0 Å². The molecule has 2 N–H and O–H groups in total. The highest BCUT2D eigenvalue weighted by Crippen LogP contribution is 2.32. The fourth-order valence-corrected chi connectivity index (χ4v) is 2.66. The number of urea groups is 1. The number of alkyl halides is 3. The van der Waals surface area contributed by atoms with Gasteiger partial charge in [-0.2, -0.15) is 13.2 Å². The van der Waals surface area contributed by atoms with Crippen molar-refractivity contribution in [2.45, 2.75) is 25.6 Å². The Balaban J connectivity index is 1.73. The molecule has 1 aromatic rings. The highest BCUT2D eigenvalue weighted by molar-refractivity contribution is 5.95. The van der Waals surface area contributed by atoms with Crippen LogP contribution in [-0.2, 0) is 11.3 Å². The lowest BCUT2D eigenvalue weighted by Gasteiger charge is -2.33. The summed E-state index contributed by atoms with van der Waals surface area (Å²) < 4.78 is 38.2. The van der Waals surface area contributed by atoms with E-state index in [1.807, 2.05) is 30.3 Å². The standard InChI is InChI=1S/C16H20F3N3O2/c17-16(18,19)13-7-4-8-22(10-13)11-14(23)21-15(24)20-9-12-5-2-1-3-6-12/h1-3,5-6,13H,4,7-11H2,(H2,20,21,23,24). The van der Waals surface area contributed by atoms with E-state index in [2.05, 4.69) is 10.6 Å². The van der Waals surface area contributed by atoms with Crippen LogP contribution in [0.5, 0.6) is 0 Å². The fourth-order valence-electron chi connectivity index (χ4n) is 2.66. The number of hydrogen-bond acceptors (Lipinski definition) is 3. The van der Waals surface area contributed by atoms with Gasteiger partial charge in [-0.3, -0.25) is 15.0 Å². The van der Waals surface area contributed by atoms with Gasteiger partial charge in [-0.25, -0.2) is 4.79 Å². The average molecular weight is 343 g/mol. The van der Waals surface area contributed by atoms with Crippen LogP contribution in [0.15, 0.2) is 30.3 Å². The molecule has 0 spiro atoms. The first-order chi connectivity index (χ1) is 11.3. The summed E-state index contributed by atoms with van der Waals surface area (Å²) in [4.78, 5) is 24.9. The Morgan fingerprint density at radius 1 is 1.21 bits per heavy atom. The lowest BCUT2D eigenvalue weighted by Crippen LogP contribution is -2.48. The van der Waals surface area contributed by atoms with Crippen LogP contribution < -0.4 is 10.6 Å². The zero-order chi connectivity index (χ0) is 17.6. The van der Waals surface area contributed by atoms with Crippen molar-refractivity contribution < 1.29 is 22.8 Å². The van der Waals surface area contributed by atoms with Crippen molar-refractivity contribution in [2.75, 3.05) is 19.6 Å². The number of nitrogens with zero attached hydrogens (tertiary/aromatic N) is 1. The molecule has 132 valence electrons. The summed E-state index contributed by atoms with van der Waals surface area (Å²) in [5, 5.41) is 4.67. The molecule has 1 fully saturated rings. The maximum absolute atomic E-state index is 12.7. The zero-order valence-corrected chi connectivity index (χ0v) is 13.1. The normalized spacial score (nSPS) is 18.9. The van der Waals surface area contributed by atoms with Gasteiger partial charge in [0.25, 0.3) is 0 Å². The van der Waals surface area contributed by atoms with Crippen LogP contribution >= 0.6 is 0 Å². The summed E-state index contributed by atoms with van der Waals surface area (Å²) in [5.74, 6) is -2.02. The van der Waals surface area contributed by atoms with Gasteiger partial charge < -0.3 is 5.32 Å². The van der Waals surface area contributed by atoms with Crippen molar-refractivity contribution in [1.29, 1.82) is 0 Å². The first-order valence-electron chi connectivity index (χ1n) is 7.75. The van der Waals surface area contributed by atoms with E-state index in [0.717, 1.165) is 5.56 Å². The number of carbonyl (C=O) groups excluding carboxylic acids is 2. The predicted octanol–water partition coefficient (Wildman–Crippen LogP) is 2.29. The summed E-state index contributed by atoms with van der Waals surface area (Å²) in [6.45, 7) is 0.263. The quantitative estimate of drug-likeness (QED) is 0.882. The van der Waals surface area contributed by atoms with Crippen LogP contribution in [0.2, 0.25) is 0 Å². The van der Waals surface area contributed by atoms with Crippen molar-refractivity contribution in [1.82, 2.24) is 15.5 Å². The van der Waals surface area contributed by atoms with Crippen molar-refractivity contribution in [3.8, 4) is 0 Å². The van der Waals surface area contributed by atoms with Crippen LogP contribution in [0.25, 0.3) is 0 Å². The number of imide groups is 1. The smallest absolute Gasteiger partial charge is 0.334 e. The van der Waals surface area contributed by atoms with Crippen LogP contribution in [0.3, 0.4) is 0 Å². The second-order valence-electron chi connectivity index (χ2n) is 5.83. The fraction of sp³-hybridized carbons (Fsp3) is 0.500. The maximum atomic E-state index is 12.7. The maximum Gasteiger partial charge on any atom is 0.393 e. The SMILES string of the molecule is O=C(CN1CCCC(C(F)(F)F)C1)NC(=O)NCc1ccccc1. The van der Waals surface area contributed by atoms with Gasteiger partial charge in [-0.15, -0.1) is 0 Å². The molecular weight excluding hydrogens is 323 g/mol. The second kappa shape index (κ2) is 8.14. The summed E-state index contributed by atoms with van der Waals surface area (Å²) >= 11 is 0. The van der Waals surface area contributed by atoms with Crippen LogP contribution in [0.1, 0.15) is 18.4 Å². The van der Waals surface area contributed by atoms with E-state index in [1.165, 1.54) is 4.90 Å². The van der Waals surface area contributed by atoms with Crippen molar-refractivity contribution in [2.24, 2.45) is 5.92 Å². The van der Waals surface area contributed by atoms with Gasteiger partial charge in [-0.05, 0) is 24.9 Å². The van der Waals surface area contributed by atoms with Crippen LogP contribution in [0.4, 0.5) is 18.0 Å². The van der Waals surface area contributed by atoms with E-state index >= 15 is 0 Å². The van der Waals surface area contributed by atoms with Crippen molar-refractivity contribution in [3.05, 3.63) is 35.9 Å². The monoisotopic (exact) mass is 343 g/mol. The van der Waals surface area contributed by atoms with Gasteiger partial charge in [0.2, 0.25) is 5.91 Å². The molecule has 3 amide bonds. The minimum atomic E-state index is -4.25. The highest BCUT2D eigenvalue weighted by Gasteiger charge is 2.41. The Hall–Kier alpha value is -2.09. The number of rotatable bonds is 4. The molecule has 0 aliphatic carbocycles.